The maximum atomic E-state index is 13.7. The molecule has 2 atom stereocenters. The number of aryl methyl sites for hydroxylation is 1. The van der Waals surface area contributed by atoms with Crippen molar-refractivity contribution >= 4 is 17.7 Å². The van der Waals surface area contributed by atoms with Crippen LogP contribution in [0.15, 0.2) is 87.1 Å². The summed E-state index contributed by atoms with van der Waals surface area (Å²) < 4.78 is 2.10. The third kappa shape index (κ3) is 4.56. The molecular formula is C29H27N5O3. The normalized spacial score (nSPS) is 19.8. The van der Waals surface area contributed by atoms with Crippen LogP contribution in [-0.4, -0.2) is 25.8 Å². The average Bonchev–Trinajstić information content (AvgIpc) is 3.33. The fraction of sp³-hybridized carbons (Fsp3) is 0.276. The number of hydrogen-bond acceptors (Lipinski definition) is 5. The van der Waals surface area contributed by atoms with E-state index >= 15 is 0 Å². The van der Waals surface area contributed by atoms with Gasteiger partial charge >= 0.3 is 5.69 Å². The van der Waals surface area contributed by atoms with Gasteiger partial charge in [0.2, 0.25) is 0 Å². The van der Waals surface area contributed by atoms with Gasteiger partial charge in [-0.15, -0.1) is 0 Å². The summed E-state index contributed by atoms with van der Waals surface area (Å²) in [4.78, 5) is 39.4. The third-order valence-electron chi connectivity index (χ3n) is 7.03. The Morgan fingerprint density at radius 3 is 2.49 bits per heavy atom. The molecule has 2 unspecified atom stereocenters. The van der Waals surface area contributed by atoms with Crippen LogP contribution in [0, 0.1) is 17.2 Å². The molecule has 1 aliphatic heterocycles. The van der Waals surface area contributed by atoms with Crippen LogP contribution in [-0.2, 0) is 17.9 Å². The monoisotopic (exact) mass is 493 g/mol. The topological polar surface area (TPSA) is 100 Å². The van der Waals surface area contributed by atoms with Gasteiger partial charge in [-0.1, -0.05) is 60.7 Å². The third-order valence-corrected chi connectivity index (χ3v) is 7.03. The van der Waals surface area contributed by atoms with E-state index in [1.54, 1.807) is 6.92 Å². The van der Waals surface area contributed by atoms with Gasteiger partial charge in [-0.05, 0) is 49.0 Å². The molecule has 0 radical (unpaired) electrons. The number of rotatable bonds is 5. The van der Waals surface area contributed by atoms with Gasteiger partial charge < -0.3 is 0 Å². The number of nitriles is 1. The van der Waals surface area contributed by atoms with Crippen molar-refractivity contribution in [3.05, 3.63) is 110 Å². The smallest absolute Gasteiger partial charge is 0.299 e. The minimum atomic E-state index is -0.768. The van der Waals surface area contributed by atoms with E-state index in [1.807, 2.05) is 66.7 Å². The summed E-state index contributed by atoms with van der Waals surface area (Å²) in [5, 5.41) is 15.7. The molecule has 1 aromatic heterocycles. The van der Waals surface area contributed by atoms with Gasteiger partial charge in [0.1, 0.15) is 18.2 Å². The number of carbonyl (C=O) groups is 1. The van der Waals surface area contributed by atoms with E-state index in [4.69, 9.17) is 5.10 Å². The van der Waals surface area contributed by atoms with Gasteiger partial charge in [0.15, 0.2) is 0 Å². The second kappa shape index (κ2) is 10.2. The Balaban J connectivity index is 1.57. The van der Waals surface area contributed by atoms with Crippen LogP contribution in [0.2, 0.25) is 0 Å². The zero-order valence-corrected chi connectivity index (χ0v) is 20.6. The van der Waals surface area contributed by atoms with Crippen LogP contribution >= 0.6 is 0 Å². The molecule has 0 bridgehead atoms. The summed E-state index contributed by atoms with van der Waals surface area (Å²) >= 11 is 0. The van der Waals surface area contributed by atoms with Crippen molar-refractivity contribution in [1.82, 2.24) is 14.1 Å². The molecule has 1 aliphatic carbocycles. The molecule has 3 aromatic rings. The molecule has 1 saturated carbocycles. The van der Waals surface area contributed by atoms with Crippen LogP contribution in [0.3, 0.4) is 0 Å². The number of aromatic nitrogens is 2. The molecular weight excluding hydrogens is 466 g/mol. The van der Waals surface area contributed by atoms with Gasteiger partial charge in [0.05, 0.1) is 11.8 Å². The number of hydrogen-bond donors (Lipinski definition) is 0. The first-order valence-electron chi connectivity index (χ1n) is 12.5. The number of hydrazone groups is 1. The Morgan fingerprint density at radius 2 is 1.81 bits per heavy atom. The first-order chi connectivity index (χ1) is 18.0. The summed E-state index contributed by atoms with van der Waals surface area (Å²) in [5.74, 6) is -0.462. The van der Waals surface area contributed by atoms with Crippen molar-refractivity contribution in [3.8, 4) is 6.07 Å². The fourth-order valence-corrected chi connectivity index (χ4v) is 5.24. The number of allylic oxidation sites excluding steroid dienone is 1. The quantitative estimate of drug-likeness (QED) is 0.541. The predicted molar refractivity (Wildman–Crippen MR) is 141 cm³/mol. The maximum Gasteiger partial charge on any atom is 0.331 e. The highest BCUT2D eigenvalue weighted by atomic mass is 16.2. The summed E-state index contributed by atoms with van der Waals surface area (Å²) in [6, 6.07) is 21.3. The van der Waals surface area contributed by atoms with Crippen molar-refractivity contribution in [2.45, 2.75) is 45.3 Å². The van der Waals surface area contributed by atoms with Crippen LogP contribution < -0.4 is 11.2 Å². The van der Waals surface area contributed by atoms with Crippen molar-refractivity contribution in [2.24, 2.45) is 11.0 Å². The van der Waals surface area contributed by atoms with Crippen molar-refractivity contribution in [1.29, 1.82) is 5.26 Å². The summed E-state index contributed by atoms with van der Waals surface area (Å²) in [6.07, 6.45) is 6.07. The second-order valence-corrected chi connectivity index (χ2v) is 9.27. The lowest BCUT2D eigenvalue weighted by atomic mass is 9.77. The van der Waals surface area contributed by atoms with E-state index in [1.165, 1.54) is 15.8 Å². The van der Waals surface area contributed by atoms with Gasteiger partial charge in [-0.3, -0.25) is 14.2 Å². The maximum absolute atomic E-state index is 13.7. The standard InChI is InChI=1S/C29H27N5O3/c1-2-32-18-23(17-30)28(36)33(29(32)37)19-25(35)34-27(21-12-7-4-8-13-21)24-15-9-14-22(26(24)31-34)16-20-10-5-3-6-11-20/h3-8,10-13,16,18,24,27H,2,9,14-15,19H2,1H3/b22-16+. The summed E-state index contributed by atoms with van der Waals surface area (Å²) in [6.45, 7) is 1.52. The van der Waals surface area contributed by atoms with E-state index in [9.17, 15) is 19.6 Å². The van der Waals surface area contributed by atoms with E-state index in [-0.39, 0.29) is 24.1 Å². The molecule has 2 heterocycles. The molecule has 37 heavy (non-hydrogen) atoms. The minimum Gasteiger partial charge on any atom is -0.299 e. The molecule has 1 amide bonds. The Morgan fingerprint density at radius 1 is 1.11 bits per heavy atom. The van der Waals surface area contributed by atoms with Crippen molar-refractivity contribution in [2.75, 3.05) is 0 Å². The molecule has 2 aromatic carbocycles. The molecule has 0 saturated heterocycles. The molecule has 8 heteroatoms. The molecule has 0 N–H and O–H groups in total. The highest BCUT2D eigenvalue weighted by molar-refractivity contribution is 6.08. The zero-order chi connectivity index (χ0) is 25.9. The van der Waals surface area contributed by atoms with Gasteiger partial charge in [-0.25, -0.2) is 14.4 Å². The van der Waals surface area contributed by atoms with Crippen LogP contribution in [0.5, 0.6) is 0 Å². The fourth-order valence-electron chi connectivity index (χ4n) is 5.24. The SMILES string of the molecule is CCn1cc(C#N)c(=O)n(CC(=O)N2N=C3/C(=C/c4ccccc4)CCCC3C2c2ccccc2)c1=O. The minimum absolute atomic E-state index is 0.00419. The number of carbonyl (C=O) groups excluding carboxylic acids is 1. The molecule has 5 rings (SSSR count). The molecule has 186 valence electrons. The summed E-state index contributed by atoms with van der Waals surface area (Å²) in [7, 11) is 0. The first-order valence-corrected chi connectivity index (χ1v) is 12.5. The van der Waals surface area contributed by atoms with Crippen LogP contribution in [0.4, 0.5) is 0 Å². The number of fused-ring (bicyclic) bond motifs is 1. The lowest BCUT2D eigenvalue weighted by molar-refractivity contribution is -0.134. The molecule has 8 nitrogen and oxygen atoms in total. The Kier molecular flexibility index (Phi) is 6.69. The van der Waals surface area contributed by atoms with Gasteiger partial charge in [0, 0.05) is 18.7 Å². The van der Waals surface area contributed by atoms with E-state index < -0.39 is 23.7 Å². The Bertz CT molecular complexity index is 1540. The lowest BCUT2D eigenvalue weighted by Crippen LogP contribution is -2.45. The second-order valence-electron chi connectivity index (χ2n) is 9.27. The van der Waals surface area contributed by atoms with Gasteiger partial charge in [0.25, 0.3) is 11.5 Å². The number of benzene rings is 2. The highest BCUT2D eigenvalue weighted by Crippen LogP contribution is 2.44. The van der Waals surface area contributed by atoms with E-state index in [0.717, 1.165) is 46.2 Å². The summed E-state index contributed by atoms with van der Waals surface area (Å²) in [5.41, 5.74) is 2.42. The van der Waals surface area contributed by atoms with E-state index in [2.05, 4.69) is 6.08 Å². The van der Waals surface area contributed by atoms with E-state index in [0.29, 0.717) is 0 Å². The Hall–Kier alpha value is -4.51. The highest BCUT2D eigenvalue weighted by Gasteiger charge is 2.43. The first kappa shape index (κ1) is 24.2. The largest absolute Gasteiger partial charge is 0.331 e. The Labute approximate surface area is 214 Å². The van der Waals surface area contributed by atoms with Crippen molar-refractivity contribution < 1.29 is 4.79 Å². The average molecular weight is 494 g/mol. The zero-order valence-electron chi connectivity index (χ0n) is 20.6. The molecule has 2 aliphatic rings. The van der Waals surface area contributed by atoms with Crippen molar-refractivity contribution in [3.63, 3.8) is 0 Å². The molecule has 1 fully saturated rings. The predicted octanol–water partition coefficient (Wildman–Crippen LogP) is 3.72. The van der Waals surface area contributed by atoms with Crippen LogP contribution in [0.25, 0.3) is 6.08 Å². The van der Waals surface area contributed by atoms with Crippen LogP contribution in [0.1, 0.15) is 48.9 Å². The number of amides is 1. The number of nitrogens with zero attached hydrogens (tertiary/aromatic N) is 5. The molecule has 0 spiro atoms. The lowest BCUT2D eigenvalue weighted by Gasteiger charge is -2.29. The van der Waals surface area contributed by atoms with Gasteiger partial charge in [-0.2, -0.15) is 10.4 Å².